The predicted octanol–water partition coefficient (Wildman–Crippen LogP) is 15.7. The maximum absolute atomic E-state index is 12.9. The van der Waals surface area contributed by atoms with Crippen molar-refractivity contribution in [3.63, 3.8) is 0 Å². The highest BCUT2D eigenvalue weighted by Crippen LogP contribution is 2.24. The van der Waals surface area contributed by atoms with Crippen LogP contribution in [0.1, 0.15) is 309 Å². The maximum Gasteiger partial charge on any atom is 0.306 e. The summed E-state index contributed by atoms with van der Waals surface area (Å²) in [5, 5.41) is 31.1. The minimum Gasteiger partial charge on any atom is -0.462 e. The van der Waals surface area contributed by atoms with E-state index in [9.17, 15) is 37.9 Å². The van der Waals surface area contributed by atoms with E-state index in [0.717, 1.165) is 38.5 Å². The van der Waals surface area contributed by atoms with Gasteiger partial charge in [-0.25, -0.2) is 0 Å². The lowest BCUT2D eigenvalue weighted by Crippen LogP contribution is -2.60. The van der Waals surface area contributed by atoms with Gasteiger partial charge in [-0.3, -0.25) is 14.1 Å². The van der Waals surface area contributed by atoms with Crippen LogP contribution in [0.2, 0.25) is 0 Å². The van der Waals surface area contributed by atoms with Crippen molar-refractivity contribution in [3.8, 4) is 0 Å². The van der Waals surface area contributed by atoms with E-state index in [-0.39, 0.29) is 19.4 Å². The van der Waals surface area contributed by atoms with Gasteiger partial charge in [0.25, 0.3) is 10.1 Å². The first-order valence-corrected chi connectivity index (χ1v) is 32.9. The molecule has 0 aromatic carbocycles. The first-order chi connectivity index (χ1) is 36.0. The van der Waals surface area contributed by atoms with E-state index in [1.54, 1.807) is 0 Å². The fraction of sp³-hybridized carbons (Fsp3) is 0.934. The van der Waals surface area contributed by atoms with Crippen LogP contribution in [0, 0.1) is 0 Å². The Balaban J connectivity index is 2.26. The summed E-state index contributed by atoms with van der Waals surface area (Å²) in [5.41, 5.74) is 0. The molecule has 438 valence electrons. The van der Waals surface area contributed by atoms with Crippen molar-refractivity contribution >= 4 is 22.1 Å². The third-order valence-corrected chi connectivity index (χ3v) is 15.6. The van der Waals surface area contributed by atoms with Crippen molar-refractivity contribution in [2.24, 2.45) is 0 Å². The normalized spacial score (nSPS) is 18.6. The fourth-order valence-corrected chi connectivity index (χ4v) is 10.7. The smallest absolute Gasteiger partial charge is 0.306 e. The van der Waals surface area contributed by atoms with Crippen LogP contribution < -0.4 is 0 Å². The number of aliphatic hydroxyl groups is 3. The highest BCUT2D eigenvalue weighted by atomic mass is 32.2. The first kappa shape index (κ1) is 70.4. The molecule has 0 saturated carbocycles. The van der Waals surface area contributed by atoms with Crippen molar-refractivity contribution in [3.05, 3.63) is 12.2 Å². The van der Waals surface area contributed by atoms with Gasteiger partial charge in [0.2, 0.25) is 0 Å². The van der Waals surface area contributed by atoms with Crippen LogP contribution in [-0.4, -0.2) is 96.0 Å². The highest BCUT2D eigenvalue weighted by Gasteiger charge is 2.46. The van der Waals surface area contributed by atoms with Gasteiger partial charge in [0.15, 0.2) is 12.4 Å². The number of carbonyl (C=O) groups is 2. The maximum atomic E-state index is 12.9. The van der Waals surface area contributed by atoms with Crippen molar-refractivity contribution < 1.29 is 56.8 Å². The lowest BCUT2D eigenvalue weighted by Gasteiger charge is -2.40. The number of unbranched alkanes of at least 4 members (excludes halogenated alkanes) is 41. The number of rotatable bonds is 55. The minimum absolute atomic E-state index is 0.169. The minimum atomic E-state index is -4.61. The van der Waals surface area contributed by atoms with Crippen LogP contribution in [0.15, 0.2) is 12.2 Å². The molecular formula is C61H116O12S. The second kappa shape index (κ2) is 50.9. The summed E-state index contributed by atoms with van der Waals surface area (Å²) in [7, 11) is -4.61. The van der Waals surface area contributed by atoms with Gasteiger partial charge in [-0.1, -0.05) is 270 Å². The van der Waals surface area contributed by atoms with Crippen LogP contribution in [-0.2, 0) is 38.7 Å². The SMILES string of the molecule is CCCCCCCCCC/C=C\CCCCCCCCCCCCCC(=O)OC(COC(=O)CCCCCCCCCCCCCCCCCCCCCCCCC)COC1OC(CS(=O)(=O)O)C(O)C(O)C1O. The third kappa shape index (κ3) is 44.4. The number of hydrogen-bond donors (Lipinski definition) is 4. The number of hydrogen-bond acceptors (Lipinski definition) is 11. The molecule has 12 nitrogen and oxygen atoms in total. The summed E-state index contributed by atoms with van der Waals surface area (Å²) in [6.07, 6.45) is 51.2. The Morgan fingerprint density at radius 3 is 1.12 bits per heavy atom. The van der Waals surface area contributed by atoms with E-state index in [1.807, 2.05) is 0 Å². The molecule has 0 aliphatic carbocycles. The van der Waals surface area contributed by atoms with Crippen molar-refractivity contribution in [2.75, 3.05) is 19.0 Å². The van der Waals surface area contributed by atoms with E-state index in [4.69, 9.17) is 18.9 Å². The monoisotopic (exact) mass is 1070 g/mol. The molecule has 13 heteroatoms. The zero-order valence-electron chi connectivity index (χ0n) is 47.7. The third-order valence-electron chi connectivity index (χ3n) is 14.8. The van der Waals surface area contributed by atoms with Crippen molar-refractivity contribution in [2.45, 2.75) is 346 Å². The van der Waals surface area contributed by atoms with E-state index in [1.165, 1.54) is 231 Å². The molecule has 0 radical (unpaired) electrons. The molecule has 1 heterocycles. The van der Waals surface area contributed by atoms with Gasteiger partial charge in [0, 0.05) is 12.8 Å². The lowest BCUT2D eigenvalue weighted by molar-refractivity contribution is -0.297. The topological polar surface area (TPSA) is 186 Å². The van der Waals surface area contributed by atoms with Gasteiger partial charge in [0.1, 0.15) is 36.8 Å². The number of ether oxygens (including phenoxy) is 4. The molecule has 1 saturated heterocycles. The Morgan fingerprint density at radius 2 is 0.770 bits per heavy atom. The van der Waals surface area contributed by atoms with Gasteiger partial charge in [-0.15, -0.1) is 0 Å². The summed E-state index contributed by atoms with van der Waals surface area (Å²) in [6.45, 7) is 3.84. The Labute approximate surface area is 454 Å². The second-order valence-corrected chi connectivity index (χ2v) is 23.6. The summed E-state index contributed by atoms with van der Waals surface area (Å²) < 4.78 is 54.5. The average molecular weight is 1070 g/mol. The largest absolute Gasteiger partial charge is 0.462 e. The van der Waals surface area contributed by atoms with E-state index in [2.05, 4.69) is 26.0 Å². The first-order valence-electron chi connectivity index (χ1n) is 31.2. The molecule has 74 heavy (non-hydrogen) atoms. The zero-order valence-corrected chi connectivity index (χ0v) is 48.5. The molecule has 0 aromatic heterocycles. The molecule has 1 fully saturated rings. The van der Waals surface area contributed by atoms with Gasteiger partial charge in [0.05, 0.1) is 6.61 Å². The molecule has 4 N–H and O–H groups in total. The van der Waals surface area contributed by atoms with Gasteiger partial charge in [-0.2, -0.15) is 8.42 Å². The van der Waals surface area contributed by atoms with Crippen LogP contribution in [0.5, 0.6) is 0 Å². The molecule has 1 rings (SSSR count). The predicted molar refractivity (Wildman–Crippen MR) is 303 cm³/mol. The highest BCUT2D eigenvalue weighted by molar-refractivity contribution is 7.85. The van der Waals surface area contributed by atoms with Crippen LogP contribution >= 0.6 is 0 Å². The quantitative estimate of drug-likeness (QED) is 0.0196. The molecule has 0 amide bonds. The van der Waals surface area contributed by atoms with E-state index in [0.29, 0.717) is 12.8 Å². The average Bonchev–Trinajstić information content (AvgIpc) is 3.37. The molecule has 0 bridgehead atoms. The molecule has 1 aliphatic rings. The second-order valence-electron chi connectivity index (χ2n) is 22.1. The standard InChI is InChI=1S/C61H116O12S/c1-3-5-7-9-11-13-15-17-19-21-23-25-27-29-31-33-35-37-39-41-43-45-47-49-56(62)70-51-54(52-71-61-60(66)59(65)58(64)55(73-61)53-74(67,68)69)72-57(63)50-48-46-44-42-40-38-36-34-32-30-28-26-24-22-20-18-16-14-12-10-8-6-4-2/h22,24,54-55,58-61,64-66H,3-21,23,25-53H2,1-2H3,(H,67,68,69)/b24-22-. The lowest BCUT2D eigenvalue weighted by atomic mass is 10.00. The molecular weight excluding hydrogens is 957 g/mol. The summed E-state index contributed by atoms with van der Waals surface area (Å²) >= 11 is 0. The van der Waals surface area contributed by atoms with Gasteiger partial charge >= 0.3 is 11.9 Å². The van der Waals surface area contributed by atoms with Crippen LogP contribution in [0.25, 0.3) is 0 Å². The number of allylic oxidation sites excluding steroid dienone is 2. The summed E-state index contributed by atoms with van der Waals surface area (Å²) in [4.78, 5) is 25.7. The number of carbonyl (C=O) groups excluding carboxylic acids is 2. The van der Waals surface area contributed by atoms with Crippen molar-refractivity contribution in [1.82, 2.24) is 0 Å². The fourth-order valence-electron chi connectivity index (χ4n) is 10.0. The molecule has 0 spiro atoms. The Morgan fingerprint density at radius 1 is 0.446 bits per heavy atom. The van der Waals surface area contributed by atoms with Gasteiger partial charge in [-0.05, 0) is 38.5 Å². The Kier molecular flexibility index (Phi) is 48.4. The summed E-state index contributed by atoms with van der Waals surface area (Å²) in [5.74, 6) is -1.96. The number of esters is 2. The van der Waals surface area contributed by atoms with Crippen molar-refractivity contribution in [1.29, 1.82) is 0 Å². The Bertz CT molecular complexity index is 1390. The van der Waals surface area contributed by atoms with E-state index >= 15 is 0 Å². The molecule has 1 aliphatic heterocycles. The molecule has 6 atom stereocenters. The van der Waals surface area contributed by atoms with Crippen LogP contribution in [0.4, 0.5) is 0 Å². The number of aliphatic hydroxyl groups excluding tert-OH is 3. The van der Waals surface area contributed by atoms with E-state index < -0.39 is 71.2 Å². The van der Waals surface area contributed by atoms with Gasteiger partial charge < -0.3 is 34.3 Å². The molecule has 0 aromatic rings. The Hall–Kier alpha value is -1.61. The molecule has 6 unspecified atom stereocenters. The van der Waals surface area contributed by atoms with Crippen LogP contribution in [0.3, 0.4) is 0 Å². The zero-order chi connectivity index (χ0) is 54.0. The summed E-state index contributed by atoms with van der Waals surface area (Å²) in [6, 6.07) is 0.